The lowest BCUT2D eigenvalue weighted by atomic mass is 10.3. The minimum atomic E-state index is 0. The van der Waals surface area contributed by atoms with Gasteiger partial charge >= 0.3 is 0 Å². The van der Waals surface area contributed by atoms with Crippen molar-refractivity contribution in [3.8, 4) is 11.5 Å². The van der Waals surface area contributed by atoms with E-state index in [1.165, 1.54) is 4.88 Å². The molecule has 1 heterocycles. The number of benzene rings is 1. The summed E-state index contributed by atoms with van der Waals surface area (Å²) in [5, 5.41) is 7.63. The van der Waals surface area contributed by atoms with Gasteiger partial charge in [0, 0.05) is 18.0 Å². The Labute approximate surface area is 182 Å². The van der Waals surface area contributed by atoms with Crippen LogP contribution in [0.25, 0.3) is 0 Å². The maximum absolute atomic E-state index is 5.73. The maximum atomic E-state index is 5.73. The molecule has 2 rings (SSSR count). The Morgan fingerprint density at radius 1 is 1.15 bits per heavy atom. The van der Waals surface area contributed by atoms with Gasteiger partial charge in [-0.1, -0.05) is 0 Å². The molecule has 0 fully saturated rings. The van der Waals surface area contributed by atoms with Crippen LogP contribution in [0.2, 0.25) is 0 Å². The third-order valence-electron chi connectivity index (χ3n) is 3.73. The van der Waals surface area contributed by atoms with E-state index in [1.807, 2.05) is 31.2 Å². The van der Waals surface area contributed by atoms with Crippen LogP contribution in [0.15, 0.2) is 29.3 Å². The van der Waals surface area contributed by atoms with E-state index in [2.05, 4.69) is 34.5 Å². The second-order valence-electron chi connectivity index (χ2n) is 5.75. The molecular formula is C19H29IN4O2S. The van der Waals surface area contributed by atoms with Crippen LogP contribution in [0.1, 0.15) is 28.9 Å². The first kappa shape index (κ1) is 23.5. The molecule has 0 bridgehead atoms. The van der Waals surface area contributed by atoms with E-state index >= 15 is 0 Å². The lowest BCUT2D eigenvalue weighted by molar-refractivity contribution is 0.310. The number of ether oxygens (including phenoxy) is 2. The summed E-state index contributed by atoms with van der Waals surface area (Å²) in [7, 11) is 1.65. The minimum absolute atomic E-state index is 0. The molecule has 27 heavy (non-hydrogen) atoms. The quantitative estimate of drug-likeness (QED) is 0.235. The molecule has 0 atom stereocenters. The maximum Gasteiger partial charge on any atom is 0.191 e. The topological polar surface area (TPSA) is 67.8 Å². The fourth-order valence-electron chi connectivity index (χ4n) is 2.24. The van der Waals surface area contributed by atoms with Crippen molar-refractivity contribution in [3.63, 3.8) is 0 Å². The molecule has 2 aromatic rings. The summed E-state index contributed by atoms with van der Waals surface area (Å²) in [6.07, 6.45) is 0.881. The Balaban J connectivity index is 0.00000364. The summed E-state index contributed by atoms with van der Waals surface area (Å²) >= 11 is 1.70. The second kappa shape index (κ2) is 12.8. The van der Waals surface area contributed by atoms with Crippen LogP contribution in [0.5, 0.6) is 11.5 Å². The van der Waals surface area contributed by atoms with Gasteiger partial charge in [0.15, 0.2) is 5.96 Å². The highest BCUT2D eigenvalue weighted by atomic mass is 127. The molecule has 150 valence electrons. The van der Waals surface area contributed by atoms with Crippen molar-refractivity contribution in [2.24, 2.45) is 4.99 Å². The highest BCUT2D eigenvalue weighted by molar-refractivity contribution is 14.0. The zero-order valence-electron chi connectivity index (χ0n) is 16.4. The highest BCUT2D eigenvalue weighted by Gasteiger charge is 2.04. The zero-order chi connectivity index (χ0) is 18.8. The Bertz CT molecular complexity index is 685. The first-order valence-electron chi connectivity index (χ1n) is 8.84. The Morgan fingerprint density at radius 2 is 1.85 bits per heavy atom. The molecule has 0 spiro atoms. The van der Waals surface area contributed by atoms with E-state index in [4.69, 9.17) is 9.47 Å². The molecule has 0 unspecified atom stereocenters. The number of hydrogen-bond donors (Lipinski definition) is 2. The van der Waals surface area contributed by atoms with E-state index in [9.17, 15) is 0 Å². The van der Waals surface area contributed by atoms with Crippen LogP contribution >= 0.6 is 35.3 Å². The van der Waals surface area contributed by atoms with E-state index in [1.54, 1.807) is 18.4 Å². The van der Waals surface area contributed by atoms with Crippen molar-refractivity contribution < 1.29 is 9.47 Å². The number of aromatic nitrogens is 1. The molecule has 1 aromatic carbocycles. The molecule has 0 saturated heterocycles. The van der Waals surface area contributed by atoms with Crippen molar-refractivity contribution in [2.75, 3.05) is 26.8 Å². The predicted octanol–water partition coefficient (Wildman–Crippen LogP) is 3.91. The Morgan fingerprint density at radius 3 is 2.44 bits per heavy atom. The van der Waals surface area contributed by atoms with Gasteiger partial charge in [-0.3, -0.25) is 0 Å². The Hall–Kier alpha value is -1.55. The smallest absolute Gasteiger partial charge is 0.191 e. The first-order valence-corrected chi connectivity index (χ1v) is 9.66. The van der Waals surface area contributed by atoms with Gasteiger partial charge in [-0.25, -0.2) is 9.98 Å². The summed E-state index contributed by atoms with van der Waals surface area (Å²) in [5.41, 5.74) is 1.09. The molecule has 0 aliphatic heterocycles. The van der Waals surface area contributed by atoms with Crippen LogP contribution in [0.4, 0.5) is 0 Å². The number of halogens is 1. The number of methoxy groups -OCH3 is 1. The molecule has 2 N–H and O–H groups in total. The van der Waals surface area contributed by atoms with Gasteiger partial charge in [0.25, 0.3) is 0 Å². The number of thiazole rings is 1. The molecular weight excluding hydrogens is 475 g/mol. The number of nitrogens with zero attached hydrogens (tertiary/aromatic N) is 2. The van der Waals surface area contributed by atoms with Crippen LogP contribution < -0.4 is 20.1 Å². The number of rotatable bonds is 9. The number of hydrogen-bond acceptors (Lipinski definition) is 5. The van der Waals surface area contributed by atoms with E-state index < -0.39 is 0 Å². The molecule has 0 amide bonds. The van der Waals surface area contributed by atoms with Gasteiger partial charge in [-0.05, 0) is 51.5 Å². The van der Waals surface area contributed by atoms with Gasteiger partial charge < -0.3 is 20.1 Å². The van der Waals surface area contributed by atoms with Crippen molar-refractivity contribution >= 4 is 41.3 Å². The van der Waals surface area contributed by atoms with Crippen molar-refractivity contribution in [3.05, 3.63) is 39.8 Å². The average Bonchev–Trinajstić information content (AvgIpc) is 2.97. The summed E-state index contributed by atoms with van der Waals surface area (Å²) in [6, 6.07) is 7.61. The first-order chi connectivity index (χ1) is 12.6. The van der Waals surface area contributed by atoms with Gasteiger partial charge in [-0.15, -0.1) is 35.3 Å². The molecule has 0 radical (unpaired) electrons. The SMILES string of the molecule is CCNC(=NCc1nc(C)c(C)s1)NCCCOc1ccc(OC)cc1.I. The van der Waals surface area contributed by atoms with E-state index in [-0.39, 0.29) is 24.0 Å². The third-order valence-corrected chi connectivity index (χ3v) is 4.79. The van der Waals surface area contributed by atoms with Gasteiger partial charge in [0.1, 0.15) is 16.5 Å². The standard InChI is InChI=1S/C19H28N4O2S.HI/c1-5-20-19(22-13-18-23-14(2)15(3)26-18)21-11-6-12-25-17-9-7-16(24-4)8-10-17;/h7-10H,5-6,11-13H2,1-4H3,(H2,20,21,22);1H. The fourth-order valence-corrected chi connectivity index (χ4v) is 3.09. The summed E-state index contributed by atoms with van der Waals surface area (Å²) in [4.78, 5) is 10.4. The van der Waals surface area contributed by atoms with Crippen molar-refractivity contribution in [2.45, 2.75) is 33.7 Å². The predicted molar refractivity (Wildman–Crippen MR) is 123 cm³/mol. The van der Waals surface area contributed by atoms with Gasteiger partial charge in [0.2, 0.25) is 0 Å². The van der Waals surface area contributed by atoms with Crippen molar-refractivity contribution in [1.29, 1.82) is 0 Å². The molecule has 6 nitrogen and oxygen atoms in total. The fraction of sp³-hybridized carbons (Fsp3) is 0.474. The van der Waals surface area contributed by atoms with Crippen LogP contribution in [0.3, 0.4) is 0 Å². The molecule has 0 aliphatic rings. The second-order valence-corrected chi connectivity index (χ2v) is 7.04. The summed E-state index contributed by atoms with van der Waals surface area (Å²) < 4.78 is 10.9. The lowest BCUT2D eigenvalue weighted by Crippen LogP contribution is -2.38. The van der Waals surface area contributed by atoms with Gasteiger partial charge in [-0.2, -0.15) is 0 Å². The Kier molecular flexibility index (Phi) is 11.1. The normalized spacial score (nSPS) is 10.9. The number of aliphatic imine (C=N–C) groups is 1. The lowest BCUT2D eigenvalue weighted by Gasteiger charge is -2.11. The number of nitrogens with one attached hydrogen (secondary N) is 2. The number of aryl methyl sites for hydroxylation is 2. The van der Waals surface area contributed by atoms with Crippen LogP contribution in [-0.4, -0.2) is 37.7 Å². The van der Waals surface area contributed by atoms with Crippen LogP contribution in [0, 0.1) is 13.8 Å². The number of guanidine groups is 1. The molecule has 1 aromatic heterocycles. The van der Waals surface area contributed by atoms with E-state index in [0.717, 1.165) is 47.7 Å². The minimum Gasteiger partial charge on any atom is -0.497 e. The molecule has 8 heteroatoms. The zero-order valence-corrected chi connectivity index (χ0v) is 19.5. The largest absolute Gasteiger partial charge is 0.497 e. The summed E-state index contributed by atoms with van der Waals surface area (Å²) in [5.74, 6) is 2.49. The monoisotopic (exact) mass is 504 g/mol. The molecule has 0 saturated carbocycles. The van der Waals surface area contributed by atoms with Crippen LogP contribution in [-0.2, 0) is 6.54 Å². The van der Waals surface area contributed by atoms with Crippen molar-refractivity contribution in [1.82, 2.24) is 15.6 Å². The molecule has 0 aliphatic carbocycles. The summed E-state index contributed by atoms with van der Waals surface area (Å²) in [6.45, 7) is 9.03. The highest BCUT2D eigenvalue weighted by Crippen LogP contribution is 2.17. The van der Waals surface area contributed by atoms with E-state index in [0.29, 0.717) is 13.2 Å². The average molecular weight is 504 g/mol. The third kappa shape index (κ3) is 8.34. The van der Waals surface area contributed by atoms with Gasteiger partial charge in [0.05, 0.1) is 26.0 Å².